The van der Waals surface area contributed by atoms with Crippen LogP contribution in [0.1, 0.15) is 6.42 Å². The highest BCUT2D eigenvalue weighted by Gasteiger charge is 2.19. The molecular formula is C11H17N3O. The van der Waals surface area contributed by atoms with E-state index in [1.165, 1.54) is 6.42 Å². The quantitative estimate of drug-likeness (QED) is 0.798. The first-order chi connectivity index (χ1) is 7.31. The summed E-state index contributed by atoms with van der Waals surface area (Å²) < 4.78 is 5.11. The summed E-state index contributed by atoms with van der Waals surface area (Å²) in [6, 6.07) is 4.57. The third kappa shape index (κ3) is 2.21. The van der Waals surface area contributed by atoms with Crippen LogP contribution < -0.4 is 15.0 Å². The number of anilines is 1. The summed E-state index contributed by atoms with van der Waals surface area (Å²) in [6.07, 6.45) is 2.98. The maximum atomic E-state index is 5.11. The Morgan fingerprint density at radius 1 is 1.60 bits per heavy atom. The van der Waals surface area contributed by atoms with Crippen molar-refractivity contribution in [3.8, 4) is 5.88 Å². The van der Waals surface area contributed by atoms with Gasteiger partial charge in [0.25, 0.3) is 0 Å². The van der Waals surface area contributed by atoms with Gasteiger partial charge < -0.3 is 15.0 Å². The second-order valence-corrected chi connectivity index (χ2v) is 3.81. The Hall–Kier alpha value is -1.29. The third-order valence-corrected chi connectivity index (χ3v) is 2.92. The number of hydrogen-bond acceptors (Lipinski definition) is 4. The van der Waals surface area contributed by atoms with Crippen LogP contribution in [0, 0.1) is 0 Å². The van der Waals surface area contributed by atoms with Crippen LogP contribution in [0.5, 0.6) is 5.88 Å². The number of methoxy groups -OCH3 is 1. The zero-order valence-corrected chi connectivity index (χ0v) is 9.23. The summed E-state index contributed by atoms with van der Waals surface area (Å²) in [5.74, 6) is 0.672. The summed E-state index contributed by atoms with van der Waals surface area (Å²) in [4.78, 5) is 6.38. The number of pyridine rings is 1. The number of likely N-dealkylation sites (N-methyl/N-ethyl adjacent to an activating group) is 1. The van der Waals surface area contributed by atoms with E-state index in [0.29, 0.717) is 11.9 Å². The molecule has 15 heavy (non-hydrogen) atoms. The molecule has 4 nitrogen and oxygen atoms in total. The zero-order valence-electron chi connectivity index (χ0n) is 9.23. The van der Waals surface area contributed by atoms with Crippen LogP contribution in [0.2, 0.25) is 0 Å². The molecule has 1 aliphatic heterocycles. The highest BCUT2D eigenvalue weighted by Crippen LogP contribution is 2.21. The highest BCUT2D eigenvalue weighted by atomic mass is 16.5. The van der Waals surface area contributed by atoms with Crippen molar-refractivity contribution < 1.29 is 4.74 Å². The zero-order chi connectivity index (χ0) is 10.7. The lowest BCUT2D eigenvalue weighted by atomic mass is 10.2. The Kier molecular flexibility index (Phi) is 3.06. The Balaban J connectivity index is 2.13. The first kappa shape index (κ1) is 10.2. The number of nitrogens with one attached hydrogen (secondary N) is 1. The molecule has 1 atom stereocenters. The SMILES string of the molecule is COc1cc(N(C)C2CCNC2)ccn1. The first-order valence-electron chi connectivity index (χ1n) is 5.25. The van der Waals surface area contributed by atoms with E-state index in [1.54, 1.807) is 13.3 Å². The predicted molar refractivity (Wildman–Crippen MR) is 60.5 cm³/mol. The first-order valence-corrected chi connectivity index (χ1v) is 5.25. The number of rotatable bonds is 3. The second kappa shape index (κ2) is 4.49. The Morgan fingerprint density at radius 2 is 2.47 bits per heavy atom. The molecule has 1 N–H and O–H groups in total. The lowest BCUT2D eigenvalue weighted by molar-refractivity contribution is 0.398. The van der Waals surface area contributed by atoms with Crippen LogP contribution in [0.25, 0.3) is 0 Å². The van der Waals surface area contributed by atoms with E-state index in [2.05, 4.69) is 22.2 Å². The monoisotopic (exact) mass is 207 g/mol. The smallest absolute Gasteiger partial charge is 0.214 e. The minimum Gasteiger partial charge on any atom is -0.481 e. The minimum atomic E-state index is 0.581. The fraction of sp³-hybridized carbons (Fsp3) is 0.545. The normalized spacial score (nSPS) is 20.3. The predicted octanol–water partition coefficient (Wildman–Crippen LogP) is 0.888. The van der Waals surface area contributed by atoms with E-state index < -0.39 is 0 Å². The van der Waals surface area contributed by atoms with E-state index in [9.17, 15) is 0 Å². The third-order valence-electron chi connectivity index (χ3n) is 2.92. The molecule has 2 rings (SSSR count). The molecule has 1 saturated heterocycles. The molecule has 1 aliphatic rings. The molecule has 0 aromatic carbocycles. The van der Waals surface area contributed by atoms with Crippen molar-refractivity contribution in [1.29, 1.82) is 0 Å². The van der Waals surface area contributed by atoms with Gasteiger partial charge in [-0.25, -0.2) is 4.98 Å². The van der Waals surface area contributed by atoms with E-state index in [0.717, 1.165) is 18.8 Å². The molecule has 4 heteroatoms. The summed E-state index contributed by atoms with van der Waals surface area (Å²) in [7, 11) is 3.76. The van der Waals surface area contributed by atoms with Crippen molar-refractivity contribution in [2.24, 2.45) is 0 Å². The van der Waals surface area contributed by atoms with Crippen molar-refractivity contribution in [3.63, 3.8) is 0 Å². The second-order valence-electron chi connectivity index (χ2n) is 3.81. The molecule has 0 amide bonds. The lowest BCUT2D eigenvalue weighted by Crippen LogP contribution is -2.33. The highest BCUT2D eigenvalue weighted by molar-refractivity contribution is 5.48. The van der Waals surface area contributed by atoms with E-state index >= 15 is 0 Å². The average Bonchev–Trinajstić information content (AvgIpc) is 2.81. The Bertz CT molecular complexity index is 323. The number of ether oxygens (including phenoxy) is 1. The summed E-state index contributed by atoms with van der Waals surface area (Å²) in [6.45, 7) is 2.17. The number of hydrogen-bond donors (Lipinski definition) is 1. The van der Waals surface area contributed by atoms with Crippen molar-refractivity contribution in [2.75, 3.05) is 32.1 Å². The maximum absolute atomic E-state index is 5.11. The molecule has 1 aromatic rings. The molecule has 0 aliphatic carbocycles. The Morgan fingerprint density at radius 3 is 3.13 bits per heavy atom. The van der Waals surface area contributed by atoms with Gasteiger partial charge in [-0.05, 0) is 19.0 Å². The molecule has 0 bridgehead atoms. The minimum absolute atomic E-state index is 0.581. The van der Waals surface area contributed by atoms with Gasteiger partial charge in [0.2, 0.25) is 5.88 Å². The molecule has 0 saturated carbocycles. The van der Waals surface area contributed by atoms with Crippen LogP contribution in [-0.2, 0) is 0 Å². The van der Waals surface area contributed by atoms with Gasteiger partial charge in [0.05, 0.1) is 7.11 Å². The van der Waals surface area contributed by atoms with Gasteiger partial charge in [0.15, 0.2) is 0 Å². The van der Waals surface area contributed by atoms with Crippen LogP contribution in [0.15, 0.2) is 18.3 Å². The number of nitrogens with zero attached hydrogens (tertiary/aromatic N) is 2. The largest absolute Gasteiger partial charge is 0.481 e. The van der Waals surface area contributed by atoms with Gasteiger partial charge in [-0.15, -0.1) is 0 Å². The Labute approximate surface area is 90.3 Å². The van der Waals surface area contributed by atoms with Crippen molar-refractivity contribution in [2.45, 2.75) is 12.5 Å². The van der Waals surface area contributed by atoms with E-state index in [4.69, 9.17) is 4.74 Å². The summed E-state index contributed by atoms with van der Waals surface area (Å²) in [5.41, 5.74) is 1.16. The fourth-order valence-electron chi connectivity index (χ4n) is 1.91. The van der Waals surface area contributed by atoms with Gasteiger partial charge in [0, 0.05) is 37.6 Å². The standard InChI is InChI=1S/C11H17N3O/c1-14(10-3-5-12-8-10)9-4-6-13-11(7-9)15-2/h4,6-7,10,12H,3,5,8H2,1-2H3. The number of aromatic nitrogens is 1. The molecule has 0 radical (unpaired) electrons. The van der Waals surface area contributed by atoms with Crippen molar-refractivity contribution >= 4 is 5.69 Å². The van der Waals surface area contributed by atoms with Gasteiger partial charge in [0.1, 0.15) is 0 Å². The molecule has 1 aromatic heterocycles. The summed E-state index contributed by atoms with van der Waals surface area (Å²) >= 11 is 0. The average molecular weight is 207 g/mol. The van der Waals surface area contributed by atoms with Crippen LogP contribution in [0.4, 0.5) is 5.69 Å². The van der Waals surface area contributed by atoms with Crippen molar-refractivity contribution in [1.82, 2.24) is 10.3 Å². The van der Waals surface area contributed by atoms with Crippen LogP contribution >= 0.6 is 0 Å². The van der Waals surface area contributed by atoms with Gasteiger partial charge in [-0.2, -0.15) is 0 Å². The molecule has 1 fully saturated rings. The fourth-order valence-corrected chi connectivity index (χ4v) is 1.91. The van der Waals surface area contributed by atoms with E-state index in [1.807, 2.05) is 12.1 Å². The van der Waals surface area contributed by atoms with E-state index in [-0.39, 0.29) is 0 Å². The summed E-state index contributed by atoms with van der Waals surface area (Å²) in [5, 5.41) is 3.36. The molecule has 0 spiro atoms. The molecule has 1 unspecified atom stereocenters. The van der Waals surface area contributed by atoms with Gasteiger partial charge >= 0.3 is 0 Å². The van der Waals surface area contributed by atoms with Crippen LogP contribution in [-0.4, -0.2) is 38.3 Å². The molecule has 2 heterocycles. The molecule has 82 valence electrons. The van der Waals surface area contributed by atoms with Gasteiger partial charge in [-0.3, -0.25) is 0 Å². The lowest BCUT2D eigenvalue weighted by Gasteiger charge is -2.25. The van der Waals surface area contributed by atoms with Crippen LogP contribution in [0.3, 0.4) is 0 Å². The van der Waals surface area contributed by atoms with Gasteiger partial charge in [-0.1, -0.05) is 0 Å². The van der Waals surface area contributed by atoms with Crippen molar-refractivity contribution in [3.05, 3.63) is 18.3 Å². The maximum Gasteiger partial charge on any atom is 0.214 e. The molecular weight excluding hydrogens is 190 g/mol. The topological polar surface area (TPSA) is 37.4 Å².